The van der Waals surface area contributed by atoms with Gasteiger partial charge in [-0.05, 0) is 44.9 Å². The highest BCUT2D eigenvalue weighted by Crippen LogP contribution is 2.38. The largest absolute Gasteiger partial charge is 0.355 e. The highest BCUT2D eigenvalue weighted by Gasteiger charge is 2.26. The first-order valence-electron chi connectivity index (χ1n) is 17.1. The van der Waals surface area contributed by atoms with E-state index in [9.17, 15) is 4.79 Å². The first kappa shape index (κ1) is 36.9. The maximum Gasteiger partial charge on any atom is 0.242 e. The molecule has 39 heavy (non-hydrogen) atoms. The minimum absolute atomic E-state index is 0. The quantitative estimate of drug-likeness (QED) is 0.0993. The third-order valence-corrected chi connectivity index (χ3v) is 9.89. The monoisotopic (exact) mass is 628 g/mol. The fourth-order valence-corrected chi connectivity index (χ4v) is 7.35. The first-order valence-corrected chi connectivity index (χ1v) is 18.1. The van der Waals surface area contributed by atoms with E-state index in [4.69, 9.17) is 0 Å². The van der Waals surface area contributed by atoms with Gasteiger partial charge in [0, 0.05) is 23.7 Å². The number of halogens is 1. The van der Waals surface area contributed by atoms with Crippen molar-refractivity contribution in [1.82, 2.24) is 9.80 Å². The normalized spacial score (nSPS) is 15.7. The summed E-state index contributed by atoms with van der Waals surface area (Å²) in [6, 6.07) is 0. The Kier molecular flexibility index (Phi) is 24.1. The molecule has 0 aromatic rings. The van der Waals surface area contributed by atoms with Gasteiger partial charge < -0.3 is 9.80 Å². The van der Waals surface area contributed by atoms with Crippen LogP contribution in [0.2, 0.25) is 0 Å². The van der Waals surface area contributed by atoms with Crippen molar-refractivity contribution in [3.63, 3.8) is 0 Å². The van der Waals surface area contributed by atoms with Crippen LogP contribution in [0.3, 0.4) is 0 Å². The van der Waals surface area contributed by atoms with Gasteiger partial charge in [-0.2, -0.15) is 0 Å². The second kappa shape index (κ2) is 25.5. The minimum Gasteiger partial charge on any atom is -0.355 e. The summed E-state index contributed by atoms with van der Waals surface area (Å²) < 4.78 is 0. The van der Waals surface area contributed by atoms with Crippen LogP contribution in [-0.2, 0) is 4.79 Å². The van der Waals surface area contributed by atoms with Crippen molar-refractivity contribution in [2.24, 2.45) is 0 Å². The van der Waals surface area contributed by atoms with Crippen molar-refractivity contribution in [3.05, 3.63) is 10.6 Å². The number of allylic oxidation sites excluding steroid dienone is 2. The molecule has 1 fully saturated rings. The molecule has 0 saturated carbocycles. The number of hydrogen-bond donors (Lipinski definition) is 0. The molecule has 1 saturated heterocycles. The summed E-state index contributed by atoms with van der Waals surface area (Å²) in [4.78, 5) is 19.3. The second-order valence-electron chi connectivity index (χ2n) is 12.1. The van der Waals surface area contributed by atoms with Gasteiger partial charge in [-0.3, -0.25) is 4.79 Å². The van der Waals surface area contributed by atoms with Gasteiger partial charge in [-0.25, -0.2) is 0 Å². The molecule has 5 heteroatoms. The lowest BCUT2D eigenvalue weighted by Gasteiger charge is -2.30. The third kappa shape index (κ3) is 17.4. The van der Waals surface area contributed by atoms with Crippen LogP contribution in [0, 0.1) is 0 Å². The second-order valence-corrected chi connectivity index (χ2v) is 13.2. The van der Waals surface area contributed by atoms with Crippen LogP contribution in [0.4, 0.5) is 0 Å². The minimum atomic E-state index is 0. The van der Waals surface area contributed by atoms with Gasteiger partial charge in [0.2, 0.25) is 5.91 Å². The zero-order valence-electron chi connectivity index (χ0n) is 26.1. The molecule has 0 atom stereocenters. The summed E-state index contributed by atoms with van der Waals surface area (Å²) in [6.07, 6.45) is 34.0. The maximum atomic E-state index is 13.0. The van der Waals surface area contributed by atoms with Gasteiger partial charge in [-0.15, -0.1) is 28.7 Å². The Labute approximate surface area is 258 Å². The molecule has 0 radical (unpaired) electrons. The van der Waals surface area contributed by atoms with E-state index in [0.717, 1.165) is 19.0 Å². The number of amides is 1. The predicted octanol–water partition coefficient (Wildman–Crippen LogP) is 11.4. The zero-order valence-corrected chi connectivity index (χ0v) is 28.7. The zero-order chi connectivity index (χ0) is 27.1. The molecule has 2 aliphatic rings. The third-order valence-electron chi connectivity index (χ3n) is 8.66. The van der Waals surface area contributed by atoms with E-state index in [0.29, 0.717) is 12.5 Å². The molecule has 0 N–H and O–H groups in total. The van der Waals surface area contributed by atoms with Crippen molar-refractivity contribution < 1.29 is 4.79 Å². The van der Waals surface area contributed by atoms with Gasteiger partial charge in [0.25, 0.3) is 0 Å². The smallest absolute Gasteiger partial charge is 0.242 e. The van der Waals surface area contributed by atoms with Gasteiger partial charge in [0.05, 0.1) is 12.4 Å². The number of unbranched alkanes of at least 4 members (excludes halogenated alkanes) is 18. The van der Waals surface area contributed by atoms with E-state index in [1.54, 1.807) is 4.91 Å². The van der Waals surface area contributed by atoms with Crippen LogP contribution in [0.5, 0.6) is 0 Å². The lowest BCUT2D eigenvalue weighted by Crippen LogP contribution is -2.41. The molecule has 230 valence electrons. The Hall–Kier alpha value is -0.160. The molecular weight excluding hydrogens is 564 g/mol. The number of rotatable bonds is 24. The lowest BCUT2D eigenvalue weighted by molar-refractivity contribution is -0.132. The summed E-state index contributed by atoms with van der Waals surface area (Å²) in [5, 5.41) is 0. The van der Waals surface area contributed by atoms with E-state index < -0.39 is 0 Å². The number of hydrogen-bond acceptors (Lipinski definition) is 3. The number of nitrogens with zero attached hydrogens (tertiary/aromatic N) is 2. The molecule has 2 heterocycles. The molecule has 2 aliphatic heterocycles. The number of carbonyl (C=O) groups is 1. The van der Waals surface area contributed by atoms with Gasteiger partial charge in [0.15, 0.2) is 0 Å². The number of piperidine rings is 1. The van der Waals surface area contributed by atoms with E-state index in [1.807, 2.05) is 11.8 Å². The number of thioether (sulfide) groups is 1. The fourth-order valence-electron chi connectivity index (χ4n) is 6.11. The van der Waals surface area contributed by atoms with Crippen LogP contribution in [0.15, 0.2) is 10.6 Å². The van der Waals surface area contributed by atoms with Gasteiger partial charge in [0.1, 0.15) is 0 Å². The fraction of sp³-hybridized carbons (Fsp3) is 0.912. The van der Waals surface area contributed by atoms with E-state index in [1.165, 1.54) is 166 Å². The summed E-state index contributed by atoms with van der Waals surface area (Å²) in [6.45, 7) is 7.16. The van der Waals surface area contributed by atoms with Crippen LogP contribution < -0.4 is 0 Å². The van der Waals surface area contributed by atoms with Crippen LogP contribution >= 0.6 is 28.7 Å². The topological polar surface area (TPSA) is 23.6 Å². The average Bonchev–Trinajstić information content (AvgIpc) is 3.32. The maximum absolute atomic E-state index is 13.0. The molecule has 1 amide bonds. The summed E-state index contributed by atoms with van der Waals surface area (Å²) >= 11 is 2.04. The Balaban J connectivity index is 0.00000760. The highest BCUT2D eigenvalue weighted by atomic mass is 79.9. The molecule has 0 bridgehead atoms. The lowest BCUT2D eigenvalue weighted by atomic mass is 10.0. The summed E-state index contributed by atoms with van der Waals surface area (Å²) in [7, 11) is 0. The van der Waals surface area contributed by atoms with Crippen LogP contribution in [0.1, 0.15) is 174 Å². The molecule has 0 unspecified atom stereocenters. The molecule has 0 aromatic carbocycles. The van der Waals surface area contributed by atoms with Crippen LogP contribution in [-0.4, -0.2) is 41.2 Å². The first-order chi connectivity index (χ1) is 18.8. The van der Waals surface area contributed by atoms with Crippen molar-refractivity contribution in [1.29, 1.82) is 0 Å². The molecule has 0 spiro atoms. The molecule has 2 rings (SSSR count). The van der Waals surface area contributed by atoms with Crippen LogP contribution in [0.25, 0.3) is 0 Å². The predicted molar refractivity (Wildman–Crippen MR) is 180 cm³/mol. The Bertz CT molecular complexity index is 620. The van der Waals surface area contributed by atoms with Crippen molar-refractivity contribution in [3.8, 4) is 0 Å². The molecule has 0 aliphatic carbocycles. The van der Waals surface area contributed by atoms with Crippen molar-refractivity contribution in [2.45, 2.75) is 174 Å². The SMILES string of the molecule is Br.CCCCCCCCCCCCC1=C(CCCCCCCCCCCC)N(CC(=O)N2CCCCC2)CS1. The summed E-state index contributed by atoms with van der Waals surface area (Å²) in [5.41, 5.74) is 1.54. The number of carbonyl (C=O) groups excluding carboxylic acids is 1. The Morgan fingerprint density at radius 3 is 1.54 bits per heavy atom. The summed E-state index contributed by atoms with van der Waals surface area (Å²) in [5.74, 6) is 1.37. The van der Waals surface area contributed by atoms with Crippen molar-refractivity contribution >= 4 is 34.7 Å². The Morgan fingerprint density at radius 1 is 0.615 bits per heavy atom. The molecule has 3 nitrogen and oxygen atoms in total. The van der Waals surface area contributed by atoms with Crippen molar-refractivity contribution in [2.75, 3.05) is 25.5 Å². The highest BCUT2D eigenvalue weighted by molar-refractivity contribution is 8.93. The van der Waals surface area contributed by atoms with E-state index in [-0.39, 0.29) is 17.0 Å². The van der Waals surface area contributed by atoms with Gasteiger partial charge in [-0.1, -0.05) is 129 Å². The standard InChI is InChI=1S/C34H64N2OS.BrH/c1-3-5-7-9-11-13-15-17-19-22-26-32-33(27-23-20-18-16-14-12-10-8-6-4-2)38-31-36(32)30-34(37)35-28-24-21-25-29-35;/h3-31H2,1-2H3;1H. The number of likely N-dealkylation sites (tertiary alicyclic amines) is 1. The molecular formula is C34H65BrN2OS. The molecule has 0 aromatic heterocycles. The Morgan fingerprint density at radius 2 is 1.05 bits per heavy atom. The average molecular weight is 630 g/mol. The van der Waals surface area contributed by atoms with Gasteiger partial charge >= 0.3 is 0 Å². The van der Waals surface area contributed by atoms with E-state index >= 15 is 0 Å². The van der Waals surface area contributed by atoms with E-state index in [2.05, 4.69) is 23.6 Å².